The summed E-state index contributed by atoms with van der Waals surface area (Å²) >= 11 is 0. The molecule has 0 aliphatic heterocycles. The second-order valence-electron chi connectivity index (χ2n) is 5.93. The van der Waals surface area contributed by atoms with E-state index >= 15 is 0 Å². The van der Waals surface area contributed by atoms with Gasteiger partial charge in [0, 0.05) is 25.2 Å². The van der Waals surface area contributed by atoms with E-state index in [1.54, 1.807) is 7.11 Å². The van der Waals surface area contributed by atoms with Gasteiger partial charge in [-0.2, -0.15) is 0 Å². The summed E-state index contributed by atoms with van der Waals surface area (Å²) in [5.74, 6) is 0.971. The Kier molecular flexibility index (Phi) is 6.32. The normalized spacial score (nSPS) is 11.9. The summed E-state index contributed by atoms with van der Waals surface area (Å²) < 4.78 is 5.40. The number of methoxy groups -OCH3 is 1. The van der Waals surface area contributed by atoms with Gasteiger partial charge in [0.15, 0.2) is 0 Å². The van der Waals surface area contributed by atoms with Gasteiger partial charge in [-0.25, -0.2) is 0 Å². The molecule has 1 N–H and O–H groups in total. The van der Waals surface area contributed by atoms with Crippen molar-refractivity contribution in [2.45, 2.75) is 27.3 Å². The Labute approximate surface area is 118 Å². The Balaban J connectivity index is 2.57. The maximum Gasteiger partial charge on any atom is 0.123 e. The molecule has 0 bridgehead atoms. The predicted octanol–water partition coefficient (Wildman–Crippen LogP) is 2.76. The average molecular weight is 264 g/mol. The van der Waals surface area contributed by atoms with Gasteiger partial charge in [0.1, 0.15) is 5.75 Å². The number of nitrogens with one attached hydrogen (secondary N) is 1. The summed E-state index contributed by atoms with van der Waals surface area (Å²) in [6.07, 6.45) is 0. The highest BCUT2D eigenvalue weighted by atomic mass is 16.5. The molecule has 0 saturated heterocycles. The molecule has 0 aliphatic rings. The summed E-state index contributed by atoms with van der Waals surface area (Å²) in [4.78, 5) is 2.36. The second-order valence-corrected chi connectivity index (χ2v) is 5.93. The Hall–Kier alpha value is -1.06. The topological polar surface area (TPSA) is 24.5 Å². The Bertz CT molecular complexity index is 377. The summed E-state index contributed by atoms with van der Waals surface area (Å²) in [6, 6.07) is 8.23. The molecule has 1 rings (SSSR count). The van der Waals surface area contributed by atoms with Crippen LogP contribution in [0.3, 0.4) is 0 Å². The zero-order valence-corrected chi connectivity index (χ0v) is 13.0. The summed E-state index contributed by atoms with van der Waals surface area (Å²) in [6.45, 7) is 10.8. The largest absolute Gasteiger partial charge is 0.496 e. The van der Waals surface area contributed by atoms with Crippen molar-refractivity contribution in [2.24, 2.45) is 5.41 Å². The Morgan fingerprint density at radius 1 is 1.26 bits per heavy atom. The number of benzene rings is 1. The van der Waals surface area contributed by atoms with Crippen molar-refractivity contribution in [3.8, 4) is 5.75 Å². The van der Waals surface area contributed by atoms with Gasteiger partial charge in [-0.05, 0) is 25.1 Å². The van der Waals surface area contributed by atoms with Crippen LogP contribution in [0, 0.1) is 5.41 Å². The van der Waals surface area contributed by atoms with Crippen LogP contribution in [-0.2, 0) is 6.54 Å². The van der Waals surface area contributed by atoms with Gasteiger partial charge in [0.05, 0.1) is 7.11 Å². The molecular formula is C16H28N2O. The van der Waals surface area contributed by atoms with Gasteiger partial charge in [-0.1, -0.05) is 39.0 Å². The number of ether oxygens (including phenoxy) is 1. The SMILES string of the molecule is CCNCC(C)(C)CN(C)Cc1ccccc1OC. The van der Waals surface area contributed by atoms with Gasteiger partial charge in [-0.15, -0.1) is 0 Å². The van der Waals surface area contributed by atoms with Crippen LogP contribution in [0.25, 0.3) is 0 Å². The van der Waals surface area contributed by atoms with Gasteiger partial charge >= 0.3 is 0 Å². The van der Waals surface area contributed by atoms with E-state index in [-0.39, 0.29) is 5.41 Å². The van der Waals surface area contributed by atoms with Gasteiger partial charge in [-0.3, -0.25) is 0 Å². The molecular weight excluding hydrogens is 236 g/mol. The summed E-state index contributed by atoms with van der Waals surface area (Å²) in [5, 5.41) is 3.43. The summed E-state index contributed by atoms with van der Waals surface area (Å²) in [7, 11) is 3.90. The molecule has 3 nitrogen and oxygen atoms in total. The first-order chi connectivity index (χ1) is 8.98. The lowest BCUT2D eigenvalue weighted by Crippen LogP contribution is -2.38. The van der Waals surface area contributed by atoms with E-state index in [4.69, 9.17) is 4.74 Å². The zero-order valence-electron chi connectivity index (χ0n) is 13.0. The van der Waals surface area contributed by atoms with E-state index in [0.29, 0.717) is 0 Å². The van der Waals surface area contributed by atoms with Crippen LogP contribution < -0.4 is 10.1 Å². The highest BCUT2D eigenvalue weighted by molar-refractivity contribution is 5.33. The van der Waals surface area contributed by atoms with Crippen LogP contribution in [0.5, 0.6) is 5.75 Å². The molecule has 0 amide bonds. The third-order valence-electron chi connectivity index (χ3n) is 3.18. The monoisotopic (exact) mass is 264 g/mol. The van der Waals surface area contributed by atoms with E-state index < -0.39 is 0 Å². The van der Waals surface area contributed by atoms with Crippen LogP contribution in [-0.4, -0.2) is 38.7 Å². The van der Waals surface area contributed by atoms with Crippen molar-refractivity contribution in [2.75, 3.05) is 33.8 Å². The van der Waals surface area contributed by atoms with E-state index in [1.165, 1.54) is 5.56 Å². The molecule has 0 atom stereocenters. The third-order valence-corrected chi connectivity index (χ3v) is 3.18. The zero-order chi connectivity index (χ0) is 14.3. The molecule has 3 heteroatoms. The number of hydrogen-bond donors (Lipinski definition) is 1. The molecule has 0 aliphatic carbocycles. The quantitative estimate of drug-likeness (QED) is 0.781. The lowest BCUT2D eigenvalue weighted by Gasteiger charge is -2.30. The van der Waals surface area contributed by atoms with Crippen LogP contribution >= 0.6 is 0 Å². The fourth-order valence-corrected chi connectivity index (χ4v) is 2.43. The fraction of sp³-hybridized carbons (Fsp3) is 0.625. The smallest absolute Gasteiger partial charge is 0.123 e. The van der Waals surface area contributed by atoms with Crippen molar-refractivity contribution in [1.29, 1.82) is 0 Å². The maximum absolute atomic E-state index is 5.40. The first kappa shape index (κ1) is 16.0. The maximum atomic E-state index is 5.40. The predicted molar refractivity (Wildman–Crippen MR) is 81.7 cm³/mol. The molecule has 1 aromatic rings. The highest BCUT2D eigenvalue weighted by Gasteiger charge is 2.20. The molecule has 0 radical (unpaired) electrons. The van der Waals surface area contributed by atoms with Crippen molar-refractivity contribution >= 4 is 0 Å². The third kappa shape index (κ3) is 5.62. The van der Waals surface area contributed by atoms with Crippen LogP contribution in [0.1, 0.15) is 26.3 Å². The van der Waals surface area contributed by atoms with Crippen molar-refractivity contribution in [1.82, 2.24) is 10.2 Å². The van der Waals surface area contributed by atoms with Gasteiger partial charge in [0.25, 0.3) is 0 Å². The second kappa shape index (κ2) is 7.51. The molecule has 108 valence electrons. The molecule has 1 aromatic carbocycles. The minimum absolute atomic E-state index is 0.271. The summed E-state index contributed by atoms with van der Waals surface area (Å²) in [5.41, 5.74) is 1.51. The minimum Gasteiger partial charge on any atom is -0.496 e. The van der Waals surface area contributed by atoms with Crippen LogP contribution in [0.4, 0.5) is 0 Å². The van der Waals surface area contributed by atoms with Crippen molar-refractivity contribution < 1.29 is 4.74 Å². The van der Waals surface area contributed by atoms with E-state index in [9.17, 15) is 0 Å². The molecule has 0 aromatic heterocycles. The molecule has 0 saturated carbocycles. The van der Waals surface area contributed by atoms with Crippen LogP contribution in [0.15, 0.2) is 24.3 Å². The first-order valence-corrected chi connectivity index (χ1v) is 6.99. The van der Waals surface area contributed by atoms with E-state index in [2.05, 4.69) is 50.2 Å². The van der Waals surface area contributed by atoms with Crippen molar-refractivity contribution in [3.05, 3.63) is 29.8 Å². The van der Waals surface area contributed by atoms with E-state index in [1.807, 2.05) is 12.1 Å². The minimum atomic E-state index is 0.271. The fourth-order valence-electron chi connectivity index (χ4n) is 2.43. The van der Waals surface area contributed by atoms with E-state index in [0.717, 1.165) is 31.9 Å². The Morgan fingerprint density at radius 2 is 1.95 bits per heavy atom. The van der Waals surface area contributed by atoms with Crippen LogP contribution in [0.2, 0.25) is 0 Å². The Morgan fingerprint density at radius 3 is 2.58 bits per heavy atom. The standard InChI is InChI=1S/C16H28N2O/c1-6-17-12-16(2,3)13-18(4)11-14-9-7-8-10-15(14)19-5/h7-10,17H,6,11-13H2,1-5H3. The lowest BCUT2D eigenvalue weighted by atomic mass is 9.92. The lowest BCUT2D eigenvalue weighted by molar-refractivity contribution is 0.198. The molecule has 0 fully saturated rings. The van der Waals surface area contributed by atoms with Gasteiger partial charge in [0.2, 0.25) is 0 Å². The van der Waals surface area contributed by atoms with Gasteiger partial charge < -0.3 is 15.0 Å². The highest BCUT2D eigenvalue weighted by Crippen LogP contribution is 2.21. The average Bonchev–Trinajstić information content (AvgIpc) is 2.36. The molecule has 0 spiro atoms. The number of rotatable bonds is 8. The number of hydrogen-bond acceptors (Lipinski definition) is 3. The van der Waals surface area contributed by atoms with Crippen molar-refractivity contribution in [3.63, 3.8) is 0 Å². The molecule has 19 heavy (non-hydrogen) atoms. The molecule has 0 unspecified atom stereocenters. The number of para-hydroxylation sites is 1. The molecule has 0 heterocycles. The number of nitrogens with zero attached hydrogens (tertiary/aromatic N) is 1. The first-order valence-electron chi connectivity index (χ1n) is 6.99.